The summed E-state index contributed by atoms with van der Waals surface area (Å²) in [6.45, 7) is 2.53. The lowest BCUT2D eigenvalue weighted by Gasteiger charge is -2.18. The number of rotatable bonds is 9. The van der Waals surface area contributed by atoms with E-state index in [4.69, 9.17) is 21.1 Å². The Balaban J connectivity index is 1.73. The van der Waals surface area contributed by atoms with Crippen molar-refractivity contribution in [3.8, 4) is 11.5 Å². The first-order valence-corrected chi connectivity index (χ1v) is 8.75. The van der Waals surface area contributed by atoms with Crippen molar-refractivity contribution in [2.75, 3.05) is 26.8 Å². The van der Waals surface area contributed by atoms with Gasteiger partial charge in [0.15, 0.2) is 12.4 Å². The predicted octanol–water partition coefficient (Wildman–Crippen LogP) is 3.85. The number of Topliss-reactive ketones (excluding diaryl/α,β-unsaturated/α-hetero) is 1. The van der Waals surface area contributed by atoms with E-state index in [-0.39, 0.29) is 18.3 Å². The fraction of sp³-hybridized carbons (Fsp3) is 0.300. The molecule has 0 aromatic heterocycles. The quantitative estimate of drug-likeness (QED) is 0.625. The zero-order chi connectivity index (χ0) is 18.9. The van der Waals surface area contributed by atoms with E-state index in [2.05, 4.69) is 0 Å². The summed E-state index contributed by atoms with van der Waals surface area (Å²) >= 11 is 5.89. The first-order valence-electron chi connectivity index (χ1n) is 8.38. The minimum atomic E-state index is -0.159. The molecule has 0 aliphatic heterocycles. The molecule has 0 bridgehead atoms. The SMILES string of the molecule is CCC(=O)c1ccc(OCC(=O)N(C)CCOc2cccc(Cl)c2)cc1. The van der Waals surface area contributed by atoms with Crippen LogP contribution in [0.4, 0.5) is 0 Å². The van der Waals surface area contributed by atoms with Crippen molar-refractivity contribution in [1.82, 2.24) is 4.90 Å². The van der Waals surface area contributed by atoms with Crippen LogP contribution >= 0.6 is 11.6 Å². The molecular formula is C20H22ClNO4. The molecule has 0 aliphatic rings. The molecule has 1 amide bonds. The largest absolute Gasteiger partial charge is 0.492 e. The maximum absolute atomic E-state index is 12.1. The van der Waals surface area contributed by atoms with Crippen LogP contribution < -0.4 is 9.47 Å². The number of halogens is 1. The highest BCUT2D eigenvalue weighted by Gasteiger charge is 2.10. The standard InChI is InChI=1S/C20H22ClNO4/c1-3-19(23)15-7-9-17(10-8-15)26-14-20(24)22(2)11-12-25-18-6-4-5-16(21)13-18/h4-10,13H,3,11-12,14H2,1-2H3. The van der Waals surface area contributed by atoms with Crippen LogP contribution in [-0.4, -0.2) is 43.4 Å². The number of carbonyl (C=O) groups excluding carboxylic acids is 2. The molecule has 0 N–H and O–H groups in total. The minimum absolute atomic E-state index is 0.0747. The van der Waals surface area contributed by atoms with Crippen LogP contribution in [0.5, 0.6) is 11.5 Å². The van der Waals surface area contributed by atoms with Crippen LogP contribution in [0.15, 0.2) is 48.5 Å². The molecule has 2 rings (SSSR count). The molecule has 5 nitrogen and oxygen atoms in total. The van der Waals surface area contributed by atoms with E-state index < -0.39 is 0 Å². The van der Waals surface area contributed by atoms with Gasteiger partial charge in [-0.25, -0.2) is 0 Å². The topological polar surface area (TPSA) is 55.8 Å². The number of hydrogen-bond donors (Lipinski definition) is 0. The van der Waals surface area contributed by atoms with Gasteiger partial charge in [-0.2, -0.15) is 0 Å². The normalized spacial score (nSPS) is 10.3. The van der Waals surface area contributed by atoms with Gasteiger partial charge in [0.25, 0.3) is 5.91 Å². The molecule has 0 fully saturated rings. The molecule has 0 unspecified atom stereocenters. The number of carbonyl (C=O) groups is 2. The summed E-state index contributed by atoms with van der Waals surface area (Å²) in [7, 11) is 1.69. The van der Waals surface area contributed by atoms with Gasteiger partial charge in [0, 0.05) is 24.1 Å². The van der Waals surface area contributed by atoms with Gasteiger partial charge in [0.1, 0.15) is 18.1 Å². The third kappa shape index (κ3) is 6.08. The number of benzene rings is 2. The van der Waals surface area contributed by atoms with Gasteiger partial charge in [0.2, 0.25) is 0 Å². The fourth-order valence-electron chi connectivity index (χ4n) is 2.18. The van der Waals surface area contributed by atoms with Gasteiger partial charge < -0.3 is 14.4 Å². The Hall–Kier alpha value is -2.53. The van der Waals surface area contributed by atoms with E-state index in [9.17, 15) is 9.59 Å². The van der Waals surface area contributed by atoms with Crippen molar-refractivity contribution in [1.29, 1.82) is 0 Å². The summed E-state index contributed by atoms with van der Waals surface area (Å²) in [5.74, 6) is 1.13. The molecule has 0 spiro atoms. The molecule has 0 saturated heterocycles. The van der Waals surface area contributed by atoms with E-state index in [0.29, 0.717) is 41.7 Å². The second-order valence-electron chi connectivity index (χ2n) is 5.71. The van der Waals surface area contributed by atoms with Crippen LogP contribution in [-0.2, 0) is 4.79 Å². The molecule has 0 aliphatic carbocycles. The maximum Gasteiger partial charge on any atom is 0.260 e. The predicted molar refractivity (Wildman–Crippen MR) is 101 cm³/mol. The second-order valence-corrected chi connectivity index (χ2v) is 6.15. The van der Waals surface area contributed by atoms with Gasteiger partial charge in [-0.1, -0.05) is 24.6 Å². The fourth-order valence-corrected chi connectivity index (χ4v) is 2.36. The van der Waals surface area contributed by atoms with Crippen LogP contribution in [0, 0.1) is 0 Å². The molecule has 0 heterocycles. The van der Waals surface area contributed by atoms with E-state index in [1.165, 1.54) is 0 Å². The van der Waals surface area contributed by atoms with Crippen molar-refractivity contribution in [2.24, 2.45) is 0 Å². The zero-order valence-electron chi connectivity index (χ0n) is 14.9. The summed E-state index contributed by atoms with van der Waals surface area (Å²) in [5, 5.41) is 0.604. The molecule has 2 aromatic rings. The van der Waals surface area contributed by atoms with Crippen LogP contribution in [0.25, 0.3) is 0 Å². The van der Waals surface area contributed by atoms with Gasteiger partial charge in [-0.05, 0) is 42.5 Å². The molecule has 6 heteroatoms. The second kappa shape index (κ2) is 9.82. The van der Waals surface area contributed by atoms with Crippen molar-refractivity contribution in [3.63, 3.8) is 0 Å². The average molecular weight is 376 g/mol. The van der Waals surface area contributed by atoms with Gasteiger partial charge >= 0.3 is 0 Å². The van der Waals surface area contributed by atoms with Gasteiger partial charge in [-0.15, -0.1) is 0 Å². The molecule has 0 saturated carbocycles. The minimum Gasteiger partial charge on any atom is -0.492 e. The molecule has 26 heavy (non-hydrogen) atoms. The van der Waals surface area contributed by atoms with E-state index >= 15 is 0 Å². The van der Waals surface area contributed by atoms with E-state index in [1.807, 2.05) is 13.0 Å². The number of nitrogens with zero attached hydrogens (tertiary/aromatic N) is 1. The Bertz CT molecular complexity index is 746. The van der Waals surface area contributed by atoms with Crippen molar-refractivity contribution in [2.45, 2.75) is 13.3 Å². The lowest BCUT2D eigenvalue weighted by molar-refractivity contribution is -0.132. The molecule has 0 atom stereocenters. The van der Waals surface area contributed by atoms with E-state index in [1.54, 1.807) is 54.4 Å². The molecule has 138 valence electrons. The lowest BCUT2D eigenvalue weighted by Crippen LogP contribution is -2.34. The Morgan fingerprint density at radius 2 is 1.77 bits per heavy atom. The zero-order valence-corrected chi connectivity index (χ0v) is 15.7. The highest BCUT2D eigenvalue weighted by molar-refractivity contribution is 6.30. The molecular weight excluding hydrogens is 354 g/mol. The first kappa shape index (κ1) is 19.8. The number of hydrogen-bond acceptors (Lipinski definition) is 4. The Morgan fingerprint density at radius 3 is 2.42 bits per heavy atom. The third-order valence-corrected chi connectivity index (χ3v) is 4.01. The highest BCUT2D eigenvalue weighted by Crippen LogP contribution is 2.17. The first-order chi connectivity index (χ1) is 12.5. The van der Waals surface area contributed by atoms with Crippen LogP contribution in [0.3, 0.4) is 0 Å². The monoisotopic (exact) mass is 375 g/mol. The number of ether oxygens (including phenoxy) is 2. The third-order valence-electron chi connectivity index (χ3n) is 3.78. The van der Waals surface area contributed by atoms with Crippen LogP contribution in [0.2, 0.25) is 5.02 Å². The van der Waals surface area contributed by atoms with Crippen molar-refractivity contribution in [3.05, 3.63) is 59.1 Å². The Morgan fingerprint density at radius 1 is 1.04 bits per heavy atom. The van der Waals surface area contributed by atoms with Crippen molar-refractivity contribution < 1.29 is 19.1 Å². The van der Waals surface area contributed by atoms with Crippen LogP contribution in [0.1, 0.15) is 23.7 Å². The smallest absolute Gasteiger partial charge is 0.260 e. The summed E-state index contributed by atoms with van der Waals surface area (Å²) < 4.78 is 11.0. The highest BCUT2D eigenvalue weighted by atomic mass is 35.5. The number of likely N-dealkylation sites (N-methyl/N-ethyl adjacent to an activating group) is 1. The van der Waals surface area contributed by atoms with Gasteiger partial charge in [0.05, 0.1) is 6.54 Å². The lowest BCUT2D eigenvalue weighted by atomic mass is 10.1. The van der Waals surface area contributed by atoms with Crippen molar-refractivity contribution >= 4 is 23.3 Å². The Kier molecular flexibility index (Phi) is 7.48. The molecule has 0 radical (unpaired) electrons. The summed E-state index contributed by atoms with van der Waals surface area (Å²) in [6, 6.07) is 13.9. The maximum atomic E-state index is 12.1. The number of ketones is 1. The summed E-state index contributed by atoms with van der Waals surface area (Å²) in [5.41, 5.74) is 0.640. The molecule has 2 aromatic carbocycles. The number of amides is 1. The summed E-state index contributed by atoms with van der Waals surface area (Å²) in [4.78, 5) is 25.2. The summed E-state index contributed by atoms with van der Waals surface area (Å²) in [6.07, 6.45) is 0.459. The average Bonchev–Trinajstić information content (AvgIpc) is 2.65. The van der Waals surface area contributed by atoms with E-state index in [0.717, 1.165) is 0 Å². The Labute approximate surface area is 158 Å². The van der Waals surface area contributed by atoms with Gasteiger partial charge in [-0.3, -0.25) is 9.59 Å².